The number of hydrogen-bond acceptors (Lipinski definition) is 5. The molecule has 0 aliphatic carbocycles. The maximum absolute atomic E-state index is 14.0. The first kappa shape index (κ1) is 26.2. The van der Waals surface area contributed by atoms with Gasteiger partial charge >= 0.3 is 6.03 Å². The summed E-state index contributed by atoms with van der Waals surface area (Å²) in [5.41, 5.74) is 0.200. The molecule has 9 heteroatoms. The number of ether oxygens (including phenoxy) is 2. The van der Waals surface area contributed by atoms with Gasteiger partial charge in [-0.25, -0.2) is 9.18 Å². The second kappa shape index (κ2) is 11.2. The Hall–Kier alpha value is -2.39. The third-order valence-corrected chi connectivity index (χ3v) is 8.73. The van der Waals surface area contributed by atoms with E-state index in [0.717, 1.165) is 64.4 Å². The standard InChI is InChI=1S/C28H41FN4O4/c1-31(2)27(35)30-24-18-28(37-25-4-3-22(29)17-23(24)25)9-13-33(14-10-28)26(34)21-5-11-32(12-6-21)19-20-7-15-36-16-8-20/h3-4,17,20-21,24H,5-16,18-19H2,1-2H3,(H,30,35). The Morgan fingerprint density at radius 2 is 1.78 bits per heavy atom. The van der Waals surface area contributed by atoms with Crippen molar-refractivity contribution in [2.45, 2.75) is 56.6 Å². The maximum Gasteiger partial charge on any atom is 0.317 e. The summed E-state index contributed by atoms with van der Waals surface area (Å²) in [7, 11) is 3.38. The lowest BCUT2D eigenvalue weighted by atomic mass is 9.80. The summed E-state index contributed by atoms with van der Waals surface area (Å²) in [6.45, 7) is 6.17. The molecular formula is C28H41FN4O4. The molecule has 1 aromatic carbocycles. The van der Waals surface area contributed by atoms with E-state index in [-0.39, 0.29) is 29.7 Å². The van der Waals surface area contributed by atoms with Crippen LogP contribution in [-0.4, -0.2) is 92.3 Å². The Labute approximate surface area is 219 Å². The fourth-order valence-corrected chi connectivity index (χ4v) is 6.40. The summed E-state index contributed by atoms with van der Waals surface area (Å²) in [5.74, 6) is 1.37. The summed E-state index contributed by atoms with van der Waals surface area (Å²) < 4.78 is 26.0. The molecule has 0 radical (unpaired) electrons. The zero-order chi connectivity index (χ0) is 26.0. The van der Waals surface area contributed by atoms with Gasteiger partial charge in [-0.15, -0.1) is 0 Å². The number of nitrogens with zero attached hydrogens (tertiary/aromatic N) is 3. The molecule has 1 unspecified atom stereocenters. The maximum atomic E-state index is 14.0. The van der Waals surface area contributed by atoms with E-state index in [2.05, 4.69) is 10.2 Å². The van der Waals surface area contributed by atoms with E-state index in [0.29, 0.717) is 43.7 Å². The van der Waals surface area contributed by atoms with Gasteiger partial charge in [0.25, 0.3) is 0 Å². The Kier molecular flexibility index (Phi) is 7.91. The van der Waals surface area contributed by atoms with Crippen LogP contribution in [0.15, 0.2) is 18.2 Å². The first-order valence-electron chi connectivity index (χ1n) is 13.9. The van der Waals surface area contributed by atoms with Crippen molar-refractivity contribution in [3.63, 3.8) is 0 Å². The number of carbonyl (C=O) groups excluding carboxylic acids is 2. The molecule has 4 aliphatic rings. The number of rotatable bonds is 4. The van der Waals surface area contributed by atoms with E-state index in [1.165, 1.54) is 17.0 Å². The van der Waals surface area contributed by atoms with Gasteiger partial charge in [0, 0.05) is 77.7 Å². The van der Waals surface area contributed by atoms with Crippen molar-refractivity contribution in [2.24, 2.45) is 11.8 Å². The summed E-state index contributed by atoms with van der Waals surface area (Å²) in [4.78, 5) is 31.9. The SMILES string of the molecule is CN(C)C(=O)NC1CC2(CCN(C(=O)C3CCN(CC4CCOCC4)CC3)CC2)Oc2ccc(F)cc21. The molecule has 0 saturated carbocycles. The minimum atomic E-state index is -0.473. The fraction of sp³-hybridized carbons (Fsp3) is 0.714. The van der Waals surface area contributed by atoms with Crippen LogP contribution in [0.25, 0.3) is 0 Å². The van der Waals surface area contributed by atoms with Crippen LogP contribution in [0.3, 0.4) is 0 Å². The number of nitrogens with one attached hydrogen (secondary N) is 1. The van der Waals surface area contributed by atoms with E-state index in [4.69, 9.17) is 9.47 Å². The molecule has 204 valence electrons. The number of carbonyl (C=O) groups is 2. The molecule has 37 heavy (non-hydrogen) atoms. The molecule has 0 aromatic heterocycles. The van der Waals surface area contributed by atoms with Crippen LogP contribution in [0, 0.1) is 17.7 Å². The van der Waals surface area contributed by atoms with Crippen LogP contribution in [0.4, 0.5) is 9.18 Å². The van der Waals surface area contributed by atoms with Gasteiger partial charge in [-0.05, 0) is 62.9 Å². The molecule has 0 bridgehead atoms. The van der Waals surface area contributed by atoms with Crippen molar-refractivity contribution in [3.05, 3.63) is 29.6 Å². The number of amides is 3. The van der Waals surface area contributed by atoms with Gasteiger partial charge in [0.2, 0.25) is 5.91 Å². The normalized spacial score (nSPS) is 24.8. The number of halogens is 1. The molecule has 4 aliphatic heterocycles. The summed E-state index contributed by atoms with van der Waals surface area (Å²) in [6, 6.07) is 3.96. The van der Waals surface area contributed by atoms with Crippen molar-refractivity contribution < 1.29 is 23.5 Å². The summed E-state index contributed by atoms with van der Waals surface area (Å²) >= 11 is 0. The van der Waals surface area contributed by atoms with Crippen LogP contribution in [0.2, 0.25) is 0 Å². The third kappa shape index (κ3) is 6.03. The minimum Gasteiger partial charge on any atom is -0.487 e. The molecule has 8 nitrogen and oxygen atoms in total. The predicted octanol–water partition coefficient (Wildman–Crippen LogP) is 3.42. The molecule has 5 rings (SSSR count). The zero-order valence-corrected chi connectivity index (χ0v) is 22.2. The van der Waals surface area contributed by atoms with Gasteiger partial charge in [0.05, 0.1) is 6.04 Å². The predicted molar refractivity (Wildman–Crippen MR) is 138 cm³/mol. The second-order valence-electron chi connectivity index (χ2n) is 11.5. The topological polar surface area (TPSA) is 74.4 Å². The van der Waals surface area contributed by atoms with E-state index >= 15 is 0 Å². The van der Waals surface area contributed by atoms with Crippen LogP contribution in [0.5, 0.6) is 5.75 Å². The van der Waals surface area contributed by atoms with E-state index < -0.39 is 5.60 Å². The Balaban J connectivity index is 1.16. The highest BCUT2D eigenvalue weighted by molar-refractivity contribution is 5.79. The smallest absolute Gasteiger partial charge is 0.317 e. The highest BCUT2D eigenvalue weighted by Gasteiger charge is 2.45. The number of likely N-dealkylation sites (tertiary alicyclic amines) is 2. The number of hydrogen-bond donors (Lipinski definition) is 1. The minimum absolute atomic E-state index is 0.100. The fourth-order valence-electron chi connectivity index (χ4n) is 6.40. The van der Waals surface area contributed by atoms with Crippen molar-refractivity contribution in [1.82, 2.24) is 20.0 Å². The number of fused-ring (bicyclic) bond motifs is 1. The number of benzene rings is 1. The molecule has 1 spiro atoms. The van der Waals surface area contributed by atoms with Gasteiger partial charge in [-0.1, -0.05) is 0 Å². The molecule has 1 aromatic rings. The van der Waals surface area contributed by atoms with Gasteiger partial charge in [0.1, 0.15) is 17.2 Å². The van der Waals surface area contributed by atoms with Crippen LogP contribution in [-0.2, 0) is 9.53 Å². The lowest BCUT2D eigenvalue weighted by Gasteiger charge is -2.47. The lowest BCUT2D eigenvalue weighted by molar-refractivity contribution is -0.141. The quantitative estimate of drug-likeness (QED) is 0.664. The first-order chi connectivity index (χ1) is 17.8. The first-order valence-corrected chi connectivity index (χ1v) is 13.9. The van der Waals surface area contributed by atoms with E-state index in [1.807, 2.05) is 4.90 Å². The molecule has 4 heterocycles. The second-order valence-corrected chi connectivity index (χ2v) is 11.5. The zero-order valence-electron chi connectivity index (χ0n) is 22.2. The van der Waals surface area contributed by atoms with E-state index in [9.17, 15) is 14.0 Å². The molecule has 3 saturated heterocycles. The summed E-state index contributed by atoms with van der Waals surface area (Å²) in [6.07, 6.45) is 6.12. The van der Waals surface area contributed by atoms with Crippen molar-refractivity contribution in [2.75, 3.05) is 60.0 Å². The monoisotopic (exact) mass is 516 g/mol. The van der Waals surface area contributed by atoms with Crippen LogP contribution < -0.4 is 10.1 Å². The third-order valence-electron chi connectivity index (χ3n) is 8.73. The molecule has 1 atom stereocenters. The van der Waals surface area contributed by atoms with Gasteiger partial charge in [-0.3, -0.25) is 4.79 Å². The Bertz CT molecular complexity index is 967. The number of piperidine rings is 2. The Morgan fingerprint density at radius 1 is 1.08 bits per heavy atom. The highest BCUT2D eigenvalue weighted by atomic mass is 19.1. The van der Waals surface area contributed by atoms with Crippen molar-refractivity contribution in [3.8, 4) is 5.75 Å². The van der Waals surface area contributed by atoms with Crippen LogP contribution >= 0.6 is 0 Å². The average Bonchev–Trinajstić information content (AvgIpc) is 2.90. The van der Waals surface area contributed by atoms with Crippen molar-refractivity contribution in [1.29, 1.82) is 0 Å². The Morgan fingerprint density at radius 3 is 2.46 bits per heavy atom. The molecule has 3 fully saturated rings. The average molecular weight is 517 g/mol. The highest BCUT2D eigenvalue weighted by Crippen LogP contribution is 2.45. The van der Waals surface area contributed by atoms with E-state index in [1.54, 1.807) is 20.2 Å². The van der Waals surface area contributed by atoms with Crippen LogP contribution in [0.1, 0.15) is 56.6 Å². The lowest BCUT2D eigenvalue weighted by Crippen LogP contribution is -2.55. The summed E-state index contributed by atoms with van der Waals surface area (Å²) in [5, 5.41) is 3.04. The molecule has 3 amide bonds. The molecular weight excluding hydrogens is 475 g/mol. The van der Waals surface area contributed by atoms with Gasteiger partial charge in [0.15, 0.2) is 0 Å². The van der Waals surface area contributed by atoms with Crippen molar-refractivity contribution >= 4 is 11.9 Å². The number of urea groups is 1. The van der Waals surface area contributed by atoms with Gasteiger partial charge < -0.3 is 29.5 Å². The molecule has 1 N–H and O–H groups in total. The van der Waals surface area contributed by atoms with Gasteiger partial charge in [-0.2, -0.15) is 0 Å². The largest absolute Gasteiger partial charge is 0.487 e.